The smallest absolute Gasteiger partial charge is 0.257 e. The topological polar surface area (TPSA) is 65.8 Å². The van der Waals surface area contributed by atoms with Gasteiger partial charge in [-0.1, -0.05) is 15.9 Å². The summed E-state index contributed by atoms with van der Waals surface area (Å²) in [5.74, 6) is -0.278. The first kappa shape index (κ1) is 13.2. The third-order valence-corrected chi connectivity index (χ3v) is 3.10. The number of nitrogens with one attached hydrogen (secondary N) is 1. The number of pyridine rings is 1. The molecule has 1 aromatic carbocycles. The van der Waals surface area contributed by atoms with Gasteiger partial charge in [-0.3, -0.25) is 9.78 Å². The Bertz CT molecular complexity index is 677. The molecule has 94 valence electrons. The zero-order chi connectivity index (χ0) is 13.8. The summed E-state index contributed by atoms with van der Waals surface area (Å²) in [4.78, 5) is 16.2. The number of nitriles is 1. The molecule has 4 nitrogen and oxygen atoms in total. The predicted octanol–water partition coefficient (Wildman–Crippen LogP) is 3.28. The maximum absolute atomic E-state index is 12.1. The molecule has 0 aliphatic heterocycles. The summed E-state index contributed by atoms with van der Waals surface area (Å²) in [6, 6.07) is 10.5. The van der Waals surface area contributed by atoms with E-state index in [1.165, 1.54) is 0 Å². The molecule has 0 atom stereocenters. The molecule has 0 bridgehead atoms. The average Bonchev–Trinajstić information content (AvgIpc) is 2.39. The van der Waals surface area contributed by atoms with Crippen molar-refractivity contribution in [2.24, 2.45) is 0 Å². The monoisotopic (exact) mass is 315 g/mol. The first-order valence-electron chi connectivity index (χ1n) is 5.54. The van der Waals surface area contributed by atoms with Crippen LogP contribution in [0.1, 0.15) is 21.6 Å². The summed E-state index contributed by atoms with van der Waals surface area (Å²) in [6.07, 6.45) is 1.63. The Morgan fingerprint density at radius 2 is 2.21 bits per heavy atom. The summed E-state index contributed by atoms with van der Waals surface area (Å²) in [5, 5.41) is 11.7. The largest absolute Gasteiger partial charge is 0.321 e. The molecule has 0 spiro atoms. The number of rotatable bonds is 2. The molecule has 0 aliphatic carbocycles. The first-order valence-corrected chi connectivity index (χ1v) is 6.33. The van der Waals surface area contributed by atoms with Crippen LogP contribution in [-0.4, -0.2) is 10.9 Å². The number of hydrogen-bond acceptors (Lipinski definition) is 3. The second kappa shape index (κ2) is 5.63. The number of carbonyl (C=O) groups excluding carboxylic acids is 1. The van der Waals surface area contributed by atoms with Gasteiger partial charge in [0.15, 0.2) is 0 Å². The van der Waals surface area contributed by atoms with Crippen LogP contribution < -0.4 is 5.32 Å². The van der Waals surface area contributed by atoms with E-state index in [9.17, 15) is 4.79 Å². The number of nitrogens with zero attached hydrogens (tertiary/aromatic N) is 2. The van der Waals surface area contributed by atoms with E-state index in [1.54, 1.807) is 43.5 Å². The normalized spacial score (nSPS) is 9.74. The second-order valence-corrected chi connectivity index (χ2v) is 4.81. The van der Waals surface area contributed by atoms with Crippen molar-refractivity contribution in [2.75, 3.05) is 5.32 Å². The highest BCUT2D eigenvalue weighted by Gasteiger charge is 2.12. The number of benzene rings is 1. The van der Waals surface area contributed by atoms with Gasteiger partial charge in [-0.25, -0.2) is 0 Å². The molecule has 0 fully saturated rings. The van der Waals surface area contributed by atoms with Gasteiger partial charge in [0, 0.05) is 16.4 Å². The number of hydrogen-bond donors (Lipinski definition) is 1. The summed E-state index contributed by atoms with van der Waals surface area (Å²) >= 11 is 3.31. The summed E-state index contributed by atoms with van der Waals surface area (Å²) in [7, 11) is 0. The molecule has 1 aromatic heterocycles. The molecule has 0 aliphatic rings. The number of aryl methyl sites for hydroxylation is 1. The molecule has 1 heterocycles. The van der Waals surface area contributed by atoms with Gasteiger partial charge in [0.05, 0.1) is 16.8 Å². The molecular weight excluding hydrogens is 306 g/mol. The van der Waals surface area contributed by atoms with Crippen molar-refractivity contribution < 1.29 is 4.79 Å². The molecule has 0 saturated heterocycles. The van der Waals surface area contributed by atoms with Crippen LogP contribution in [0.2, 0.25) is 0 Å². The zero-order valence-electron chi connectivity index (χ0n) is 10.1. The molecule has 2 aromatic rings. The van der Waals surface area contributed by atoms with E-state index < -0.39 is 0 Å². The fourth-order valence-electron chi connectivity index (χ4n) is 1.63. The Kier molecular flexibility index (Phi) is 3.93. The van der Waals surface area contributed by atoms with Crippen molar-refractivity contribution in [3.05, 3.63) is 57.8 Å². The fourth-order valence-corrected chi connectivity index (χ4v) is 1.99. The van der Waals surface area contributed by atoms with Gasteiger partial charge in [0.25, 0.3) is 5.91 Å². The standard InChI is InChI=1S/C14H10BrN3O/c1-9-12(3-2-6-17-9)14(19)18-13-7-11(15)5-4-10(13)8-16/h2-7H,1H3,(H,18,19). The van der Waals surface area contributed by atoms with Crippen molar-refractivity contribution >= 4 is 27.5 Å². The van der Waals surface area contributed by atoms with Gasteiger partial charge in [-0.05, 0) is 37.3 Å². The highest BCUT2D eigenvalue weighted by Crippen LogP contribution is 2.21. The van der Waals surface area contributed by atoms with E-state index in [2.05, 4.69) is 26.2 Å². The summed E-state index contributed by atoms with van der Waals surface area (Å²) < 4.78 is 0.796. The van der Waals surface area contributed by atoms with Gasteiger partial charge in [0.1, 0.15) is 6.07 Å². The molecule has 2 rings (SSSR count). The van der Waals surface area contributed by atoms with Crippen LogP contribution in [0.15, 0.2) is 41.0 Å². The molecule has 0 radical (unpaired) electrons. The number of amides is 1. The van der Waals surface area contributed by atoms with Crippen molar-refractivity contribution in [1.82, 2.24) is 4.98 Å². The summed E-state index contributed by atoms with van der Waals surface area (Å²) in [5.41, 5.74) is 2.03. The maximum atomic E-state index is 12.1. The first-order chi connectivity index (χ1) is 9.11. The second-order valence-electron chi connectivity index (χ2n) is 3.89. The average molecular weight is 316 g/mol. The molecule has 1 N–H and O–H groups in total. The van der Waals surface area contributed by atoms with Crippen LogP contribution in [0.3, 0.4) is 0 Å². The van der Waals surface area contributed by atoms with Gasteiger partial charge in [0.2, 0.25) is 0 Å². The Morgan fingerprint density at radius 3 is 2.89 bits per heavy atom. The van der Waals surface area contributed by atoms with Crippen LogP contribution in [0.4, 0.5) is 5.69 Å². The molecule has 0 saturated carbocycles. The number of halogens is 1. The Balaban J connectivity index is 2.32. The molecule has 1 amide bonds. The zero-order valence-corrected chi connectivity index (χ0v) is 11.7. The van der Waals surface area contributed by atoms with Crippen molar-refractivity contribution in [2.45, 2.75) is 6.92 Å². The summed E-state index contributed by atoms with van der Waals surface area (Å²) in [6.45, 7) is 1.76. The fraction of sp³-hybridized carbons (Fsp3) is 0.0714. The minimum atomic E-state index is -0.278. The Hall–Kier alpha value is -2.19. The molecular formula is C14H10BrN3O. The third-order valence-electron chi connectivity index (χ3n) is 2.60. The van der Waals surface area contributed by atoms with Crippen LogP contribution in [0, 0.1) is 18.3 Å². The third kappa shape index (κ3) is 2.98. The van der Waals surface area contributed by atoms with Gasteiger partial charge < -0.3 is 5.32 Å². The lowest BCUT2D eigenvalue weighted by atomic mass is 10.1. The number of aromatic nitrogens is 1. The molecule has 5 heteroatoms. The van der Waals surface area contributed by atoms with E-state index in [1.807, 2.05) is 6.07 Å². The Morgan fingerprint density at radius 1 is 1.42 bits per heavy atom. The SMILES string of the molecule is Cc1ncccc1C(=O)Nc1cc(Br)ccc1C#N. The lowest BCUT2D eigenvalue weighted by Gasteiger charge is -2.08. The number of carbonyl (C=O) groups is 1. The van der Waals surface area contributed by atoms with Crippen molar-refractivity contribution in [3.8, 4) is 6.07 Å². The van der Waals surface area contributed by atoms with Gasteiger partial charge in [-0.2, -0.15) is 5.26 Å². The van der Waals surface area contributed by atoms with E-state index in [0.29, 0.717) is 22.5 Å². The van der Waals surface area contributed by atoms with E-state index in [0.717, 1.165) is 4.47 Å². The highest BCUT2D eigenvalue weighted by atomic mass is 79.9. The quantitative estimate of drug-likeness (QED) is 0.924. The van der Waals surface area contributed by atoms with Crippen LogP contribution in [-0.2, 0) is 0 Å². The lowest BCUT2D eigenvalue weighted by molar-refractivity contribution is 0.102. The van der Waals surface area contributed by atoms with E-state index in [-0.39, 0.29) is 5.91 Å². The van der Waals surface area contributed by atoms with Crippen LogP contribution in [0.25, 0.3) is 0 Å². The predicted molar refractivity (Wildman–Crippen MR) is 75.8 cm³/mol. The molecule has 19 heavy (non-hydrogen) atoms. The lowest BCUT2D eigenvalue weighted by Crippen LogP contribution is -2.14. The van der Waals surface area contributed by atoms with Crippen molar-refractivity contribution in [3.63, 3.8) is 0 Å². The van der Waals surface area contributed by atoms with E-state index in [4.69, 9.17) is 5.26 Å². The number of anilines is 1. The van der Waals surface area contributed by atoms with Crippen molar-refractivity contribution in [1.29, 1.82) is 5.26 Å². The minimum absolute atomic E-state index is 0.278. The minimum Gasteiger partial charge on any atom is -0.321 e. The van der Waals surface area contributed by atoms with Gasteiger partial charge >= 0.3 is 0 Å². The van der Waals surface area contributed by atoms with Gasteiger partial charge in [-0.15, -0.1) is 0 Å². The van der Waals surface area contributed by atoms with E-state index >= 15 is 0 Å². The highest BCUT2D eigenvalue weighted by molar-refractivity contribution is 9.10. The maximum Gasteiger partial charge on any atom is 0.257 e. The van der Waals surface area contributed by atoms with Crippen LogP contribution >= 0.6 is 15.9 Å². The molecule has 0 unspecified atom stereocenters. The van der Waals surface area contributed by atoms with Crippen LogP contribution in [0.5, 0.6) is 0 Å². The Labute approximate surface area is 119 Å².